The highest BCUT2D eigenvalue weighted by molar-refractivity contribution is 4.80. The fourth-order valence-corrected chi connectivity index (χ4v) is 3.52. The predicted molar refractivity (Wildman–Crippen MR) is 82.5 cm³/mol. The lowest BCUT2D eigenvalue weighted by molar-refractivity contribution is 0.150. The maximum atomic E-state index is 3.81. The number of piperazine rings is 1. The van der Waals surface area contributed by atoms with Crippen LogP contribution in [0.15, 0.2) is 0 Å². The largest absolute Gasteiger partial charge is 0.313 e. The van der Waals surface area contributed by atoms with Crippen molar-refractivity contribution >= 4 is 0 Å². The molecule has 3 heteroatoms. The minimum atomic E-state index is 0.786. The van der Waals surface area contributed by atoms with Gasteiger partial charge in [0.15, 0.2) is 0 Å². The van der Waals surface area contributed by atoms with E-state index in [-0.39, 0.29) is 0 Å². The summed E-state index contributed by atoms with van der Waals surface area (Å²) < 4.78 is 0. The van der Waals surface area contributed by atoms with Gasteiger partial charge in [0.25, 0.3) is 0 Å². The molecule has 0 aromatic carbocycles. The lowest BCUT2D eigenvalue weighted by atomic mass is 9.79. The fraction of sp³-hybridized carbons (Fsp3) is 1.00. The lowest BCUT2D eigenvalue weighted by Crippen LogP contribution is -2.47. The van der Waals surface area contributed by atoms with Crippen LogP contribution in [0.4, 0.5) is 0 Å². The summed E-state index contributed by atoms with van der Waals surface area (Å²) in [4.78, 5) is 5.04. The van der Waals surface area contributed by atoms with Crippen molar-refractivity contribution in [3.8, 4) is 0 Å². The van der Waals surface area contributed by atoms with Crippen molar-refractivity contribution in [3.63, 3.8) is 0 Å². The molecule has 0 bridgehead atoms. The third-order valence-corrected chi connectivity index (χ3v) is 5.11. The van der Waals surface area contributed by atoms with Crippen molar-refractivity contribution in [3.05, 3.63) is 0 Å². The predicted octanol–water partition coefficient (Wildman–Crippen LogP) is 2.04. The van der Waals surface area contributed by atoms with Crippen molar-refractivity contribution in [2.24, 2.45) is 11.8 Å². The van der Waals surface area contributed by atoms with E-state index in [2.05, 4.69) is 36.0 Å². The van der Waals surface area contributed by atoms with E-state index < -0.39 is 0 Å². The average molecular weight is 267 g/mol. The molecule has 1 aliphatic heterocycles. The average Bonchev–Trinajstić information content (AvgIpc) is 2.41. The lowest BCUT2D eigenvalue weighted by Gasteiger charge is -2.34. The highest BCUT2D eigenvalue weighted by Crippen LogP contribution is 2.29. The summed E-state index contributed by atoms with van der Waals surface area (Å²) in [6.45, 7) is 12.1. The maximum absolute atomic E-state index is 3.81. The van der Waals surface area contributed by atoms with Gasteiger partial charge in [-0.25, -0.2) is 0 Å². The van der Waals surface area contributed by atoms with Crippen LogP contribution in [0, 0.1) is 11.8 Å². The molecule has 1 N–H and O–H groups in total. The molecule has 19 heavy (non-hydrogen) atoms. The van der Waals surface area contributed by atoms with E-state index in [9.17, 15) is 0 Å². The first-order valence-electron chi connectivity index (χ1n) is 8.29. The van der Waals surface area contributed by atoms with E-state index >= 15 is 0 Å². The van der Waals surface area contributed by atoms with Crippen molar-refractivity contribution in [2.75, 3.05) is 46.3 Å². The van der Waals surface area contributed by atoms with Crippen LogP contribution in [0.2, 0.25) is 0 Å². The van der Waals surface area contributed by atoms with Crippen LogP contribution in [0.3, 0.4) is 0 Å². The van der Waals surface area contributed by atoms with Crippen LogP contribution >= 0.6 is 0 Å². The molecule has 2 rings (SSSR count). The number of hydrogen-bond donors (Lipinski definition) is 1. The number of rotatable bonds is 5. The van der Waals surface area contributed by atoms with Gasteiger partial charge in [0.05, 0.1) is 0 Å². The molecule has 3 nitrogen and oxygen atoms in total. The fourth-order valence-electron chi connectivity index (χ4n) is 3.52. The van der Waals surface area contributed by atoms with Crippen LogP contribution in [0.5, 0.6) is 0 Å². The van der Waals surface area contributed by atoms with Crippen LogP contribution in [0.25, 0.3) is 0 Å². The summed E-state index contributed by atoms with van der Waals surface area (Å²) in [5.74, 6) is 1.82. The second-order valence-electron chi connectivity index (χ2n) is 6.97. The summed E-state index contributed by atoms with van der Waals surface area (Å²) in [5, 5.41) is 3.81. The van der Waals surface area contributed by atoms with Gasteiger partial charge in [-0.3, -0.25) is 4.90 Å². The quantitative estimate of drug-likeness (QED) is 0.822. The molecular formula is C16H33N3. The Morgan fingerprint density at radius 3 is 2.53 bits per heavy atom. The zero-order valence-corrected chi connectivity index (χ0v) is 13.2. The van der Waals surface area contributed by atoms with Gasteiger partial charge in [-0.15, -0.1) is 0 Å². The molecule has 1 saturated carbocycles. The normalized spacial score (nSPS) is 30.9. The van der Waals surface area contributed by atoms with E-state index in [0.717, 1.165) is 17.9 Å². The monoisotopic (exact) mass is 267 g/mol. The summed E-state index contributed by atoms with van der Waals surface area (Å²) in [5.41, 5.74) is 0. The first kappa shape index (κ1) is 15.3. The van der Waals surface area contributed by atoms with E-state index in [1.165, 1.54) is 65.0 Å². The molecule has 1 heterocycles. The Morgan fingerprint density at radius 1 is 1.11 bits per heavy atom. The van der Waals surface area contributed by atoms with Crippen LogP contribution in [-0.4, -0.2) is 62.2 Å². The molecule has 2 fully saturated rings. The van der Waals surface area contributed by atoms with Gasteiger partial charge in [0, 0.05) is 45.3 Å². The molecule has 0 amide bonds. The number of hydrogen-bond acceptors (Lipinski definition) is 3. The number of likely N-dealkylation sites (N-methyl/N-ethyl adjacent to an activating group) is 1. The molecular weight excluding hydrogens is 234 g/mol. The minimum absolute atomic E-state index is 0.786. The third-order valence-electron chi connectivity index (χ3n) is 5.11. The molecule has 1 saturated heterocycles. The van der Waals surface area contributed by atoms with E-state index in [1.54, 1.807) is 0 Å². The van der Waals surface area contributed by atoms with Gasteiger partial charge in [-0.1, -0.05) is 26.7 Å². The highest BCUT2D eigenvalue weighted by atomic mass is 15.2. The Kier molecular flexibility index (Phi) is 6.11. The first-order chi connectivity index (χ1) is 9.15. The summed E-state index contributed by atoms with van der Waals surface area (Å²) >= 11 is 0. The summed E-state index contributed by atoms with van der Waals surface area (Å²) in [6, 6.07) is 0.786. The second-order valence-corrected chi connectivity index (χ2v) is 6.97. The summed E-state index contributed by atoms with van der Waals surface area (Å²) in [6.07, 6.45) is 5.68. The summed E-state index contributed by atoms with van der Waals surface area (Å²) in [7, 11) is 2.23. The number of nitrogens with zero attached hydrogens (tertiary/aromatic N) is 2. The van der Waals surface area contributed by atoms with Crippen LogP contribution < -0.4 is 5.32 Å². The van der Waals surface area contributed by atoms with Crippen molar-refractivity contribution in [1.82, 2.24) is 15.1 Å². The van der Waals surface area contributed by atoms with Crippen molar-refractivity contribution in [1.29, 1.82) is 0 Å². The molecule has 0 radical (unpaired) electrons. The van der Waals surface area contributed by atoms with Crippen molar-refractivity contribution < 1.29 is 0 Å². The van der Waals surface area contributed by atoms with Gasteiger partial charge in [-0.2, -0.15) is 0 Å². The standard InChI is InChI=1S/C16H33N3/c1-14(2)15-5-4-6-16(13-15)17-7-8-19-11-9-18(3)10-12-19/h14-17H,4-13H2,1-3H3. The molecule has 112 valence electrons. The Bertz CT molecular complexity index is 246. The molecule has 0 spiro atoms. The zero-order valence-electron chi connectivity index (χ0n) is 13.2. The Morgan fingerprint density at radius 2 is 1.84 bits per heavy atom. The van der Waals surface area contributed by atoms with Gasteiger partial charge in [0.1, 0.15) is 0 Å². The van der Waals surface area contributed by atoms with E-state index in [1.807, 2.05) is 0 Å². The van der Waals surface area contributed by atoms with Gasteiger partial charge in [0.2, 0.25) is 0 Å². The molecule has 2 unspecified atom stereocenters. The highest BCUT2D eigenvalue weighted by Gasteiger charge is 2.23. The van der Waals surface area contributed by atoms with E-state index in [0.29, 0.717) is 0 Å². The van der Waals surface area contributed by atoms with Crippen LogP contribution in [0.1, 0.15) is 39.5 Å². The molecule has 0 aromatic heterocycles. The SMILES string of the molecule is CC(C)C1CCCC(NCCN2CCN(C)CC2)C1. The molecule has 0 aromatic rings. The second kappa shape index (κ2) is 7.61. The Hall–Kier alpha value is -0.120. The Labute approximate surface area is 119 Å². The molecule has 2 atom stereocenters. The zero-order chi connectivity index (χ0) is 13.7. The molecule has 1 aliphatic carbocycles. The topological polar surface area (TPSA) is 18.5 Å². The van der Waals surface area contributed by atoms with Crippen LogP contribution in [-0.2, 0) is 0 Å². The van der Waals surface area contributed by atoms with Gasteiger partial charge in [-0.05, 0) is 31.7 Å². The molecule has 2 aliphatic rings. The Balaban J connectivity index is 1.60. The maximum Gasteiger partial charge on any atom is 0.0110 e. The third kappa shape index (κ3) is 5.05. The van der Waals surface area contributed by atoms with Gasteiger partial charge >= 0.3 is 0 Å². The number of nitrogens with one attached hydrogen (secondary N) is 1. The van der Waals surface area contributed by atoms with E-state index in [4.69, 9.17) is 0 Å². The van der Waals surface area contributed by atoms with Crippen molar-refractivity contribution in [2.45, 2.75) is 45.6 Å². The minimum Gasteiger partial charge on any atom is -0.313 e. The van der Waals surface area contributed by atoms with Gasteiger partial charge < -0.3 is 10.2 Å². The first-order valence-corrected chi connectivity index (χ1v) is 8.29. The smallest absolute Gasteiger partial charge is 0.0110 e.